The summed E-state index contributed by atoms with van der Waals surface area (Å²) in [7, 11) is 0. The number of carbonyl (C=O) groups is 1. The minimum absolute atomic E-state index is 0.235. The van der Waals surface area contributed by atoms with Gasteiger partial charge in [-0.3, -0.25) is 4.79 Å². The molecule has 0 spiro atoms. The summed E-state index contributed by atoms with van der Waals surface area (Å²) < 4.78 is 5.59. The zero-order valence-electron chi connectivity index (χ0n) is 17.2. The number of likely N-dealkylation sites (tertiary alicyclic amines) is 1. The molecule has 1 unspecified atom stereocenters. The largest absolute Gasteiger partial charge is 0.476 e. The van der Waals surface area contributed by atoms with Crippen LogP contribution in [0.15, 0.2) is 23.3 Å². The van der Waals surface area contributed by atoms with E-state index >= 15 is 0 Å². The van der Waals surface area contributed by atoms with Gasteiger partial charge in [-0.25, -0.2) is 9.98 Å². The first-order valence-electron chi connectivity index (χ1n) is 10.7. The Hall–Kier alpha value is -2.02. The number of aromatic nitrogens is 1. The van der Waals surface area contributed by atoms with Crippen molar-refractivity contribution < 1.29 is 9.53 Å². The summed E-state index contributed by atoms with van der Waals surface area (Å²) >= 11 is 5.82. The van der Waals surface area contributed by atoms with Crippen LogP contribution in [0.4, 0.5) is 0 Å². The molecule has 1 aromatic rings. The Morgan fingerprint density at radius 3 is 2.86 bits per heavy atom. The third-order valence-electron chi connectivity index (χ3n) is 5.45. The van der Waals surface area contributed by atoms with Crippen LogP contribution in [0.2, 0.25) is 5.02 Å². The first-order valence-corrected chi connectivity index (χ1v) is 11.1. The second-order valence-electron chi connectivity index (χ2n) is 7.67. The molecular weight excluding hydrogens is 390 g/mol. The number of nitrogens with zero attached hydrogens (tertiary/aromatic N) is 3. The zero-order chi connectivity index (χ0) is 20.5. The standard InChI is InChI=1S/C21H32ClN5O2/c1-2-23-21(24-11-13-29-19-9-8-17(22)14-25-19)26-18-10-12-27(15-18)20(28)16-6-4-3-5-7-16/h8-9,14,16,18H,2-7,10-13,15H2,1H3,(H2,23,24,26). The number of ether oxygens (including phenoxy) is 1. The number of amides is 1. The molecule has 8 heteroatoms. The minimum Gasteiger partial charge on any atom is -0.476 e. The van der Waals surface area contributed by atoms with E-state index in [0.717, 1.165) is 44.9 Å². The molecule has 0 aromatic carbocycles. The fraction of sp³-hybridized carbons (Fsp3) is 0.667. The van der Waals surface area contributed by atoms with Crippen LogP contribution in [0.3, 0.4) is 0 Å². The van der Waals surface area contributed by atoms with Gasteiger partial charge in [0.05, 0.1) is 11.6 Å². The summed E-state index contributed by atoms with van der Waals surface area (Å²) in [5.41, 5.74) is 0. The average Bonchev–Trinajstić information content (AvgIpc) is 3.21. The van der Waals surface area contributed by atoms with E-state index in [2.05, 4.69) is 20.6 Å². The van der Waals surface area contributed by atoms with Crippen LogP contribution in [0.25, 0.3) is 0 Å². The van der Waals surface area contributed by atoms with Crippen molar-refractivity contribution in [2.75, 3.05) is 32.8 Å². The molecule has 3 rings (SSSR count). The number of hydrogen-bond donors (Lipinski definition) is 2. The molecule has 160 valence electrons. The lowest BCUT2D eigenvalue weighted by atomic mass is 9.88. The summed E-state index contributed by atoms with van der Waals surface area (Å²) in [6, 6.07) is 3.73. The number of rotatable bonds is 7. The second kappa shape index (κ2) is 11.2. The Kier molecular flexibility index (Phi) is 8.40. The van der Waals surface area contributed by atoms with Crippen LogP contribution < -0.4 is 15.4 Å². The van der Waals surface area contributed by atoms with Gasteiger partial charge in [0.15, 0.2) is 5.96 Å². The lowest BCUT2D eigenvalue weighted by Gasteiger charge is -2.26. The minimum atomic E-state index is 0.235. The molecule has 1 saturated heterocycles. The van der Waals surface area contributed by atoms with Crippen molar-refractivity contribution in [2.45, 2.75) is 51.5 Å². The maximum atomic E-state index is 12.7. The smallest absolute Gasteiger partial charge is 0.225 e. The Bertz CT molecular complexity index is 676. The summed E-state index contributed by atoms with van der Waals surface area (Å²) in [5, 5.41) is 7.32. The van der Waals surface area contributed by atoms with E-state index in [1.165, 1.54) is 19.3 Å². The Morgan fingerprint density at radius 1 is 1.31 bits per heavy atom. The first-order chi connectivity index (χ1) is 14.2. The average molecular weight is 422 g/mol. The predicted molar refractivity (Wildman–Crippen MR) is 115 cm³/mol. The Labute approximate surface area is 178 Å². The highest BCUT2D eigenvalue weighted by atomic mass is 35.5. The van der Waals surface area contributed by atoms with Crippen LogP contribution in [-0.4, -0.2) is 60.6 Å². The van der Waals surface area contributed by atoms with Gasteiger partial charge in [-0.05, 0) is 32.3 Å². The quantitative estimate of drug-likeness (QED) is 0.402. The van der Waals surface area contributed by atoms with Gasteiger partial charge in [0.2, 0.25) is 11.8 Å². The lowest BCUT2D eigenvalue weighted by Crippen LogP contribution is -2.45. The van der Waals surface area contributed by atoms with Crippen molar-refractivity contribution in [3.8, 4) is 5.88 Å². The monoisotopic (exact) mass is 421 g/mol. The third kappa shape index (κ3) is 6.77. The number of carbonyl (C=O) groups excluding carboxylic acids is 1. The fourth-order valence-corrected chi connectivity index (χ4v) is 4.07. The number of halogens is 1. The molecule has 2 fully saturated rings. The number of hydrogen-bond acceptors (Lipinski definition) is 4. The second-order valence-corrected chi connectivity index (χ2v) is 8.11. The lowest BCUT2D eigenvalue weighted by molar-refractivity contribution is -0.135. The van der Waals surface area contributed by atoms with E-state index in [-0.39, 0.29) is 12.0 Å². The number of nitrogens with one attached hydrogen (secondary N) is 2. The molecule has 1 amide bonds. The van der Waals surface area contributed by atoms with Gasteiger partial charge in [0, 0.05) is 43.9 Å². The van der Waals surface area contributed by atoms with Crippen molar-refractivity contribution in [1.82, 2.24) is 20.5 Å². The van der Waals surface area contributed by atoms with E-state index in [0.29, 0.717) is 30.0 Å². The highest BCUT2D eigenvalue weighted by Crippen LogP contribution is 2.26. The molecule has 1 aromatic heterocycles. The maximum Gasteiger partial charge on any atom is 0.225 e. The molecule has 0 radical (unpaired) electrons. The van der Waals surface area contributed by atoms with Crippen molar-refractivity contribution in [3.05, 3.63) is 23.4 Å². The normalized spacial score (nSPS) is 20.6. The topological polar surface area (TPSA) is 78.9 Å². The first kappa shape index (κ1) is 21.7. The van der Waals surface area contributed by atoms with Crippen molar-refractivity contribution in [2.24, 2.45) is 10.9 Å². The van der Waals surface area contributed by atoms with Gasteiger partial charge >= 0.3 is 0 Å². The van der Waals surface area contributed by atoms with Crippen molar-refractivity contribution >= 4 is 23.5 Å². The molecule has 0 bridgehead atoms. The van der Waals surface area contributed by atoms with E-state index < -0.39 is 0 Å². The van der Waals surface area contributed by atoms with E-state index in [9.17, 15) is 4.79 Å². The number of aliphatic imine (C=N–C) groups is 1. The summed E-state index contributed by atoms with van der Waals surface area (Å²) in [6.07, 6.45) is 8.28. The highest BCUT2D eigenvalue weighted by molar-refractivity contribution is 6.30. The van der Waals surface area contributed by atoms with Gasteiger partial charge in [0.25, 0.3) is 0 Å². The van der Waals surface area contributed by atoms with E-state index in [1.807, 2.05) is 11.8 Å². The molecule has 2 aliphatic rings. The molecule has 29 heavy (non-hydrogen) atoms. The molecule has 1 saturated carbocycles. The zero-order valence-corrected chi connectivity index (χ0v) is 18.0. The van der Waals surface area contributed by atoms with E-state index in [1.54, 1.807) is 18.3 Å². The Morgan fingerprint density at radius 2 is 2.14 bits per heavy atom. The summed E-state index contributed by atoms with van der Waals surface area (Å²) in [4.78, 5) is 23.5. The van der Waals surface area contributed by atoms with Crippen molar-refractivity contribution in [3.63, 3.8) is 0 Å². The molecule has 1 aliphatic heterocycles. The number of guanidine groups is 1. The molecule has 2 heterocycles. The Balaban J connectivity index is 1.43. The van der Waals surface area contributed by atoms with Gasteiger partial charge in [-0.2, -0.15) is 0 Å². The van der Waals surface area contributed by atoms with E-state index in [4.69, 9.17) is 16.3 Å². The van der Waals surface area contributed by atoms with Gasteiger partial charge in [-0.15, -0.1) is 0 Å². The fourth-order valence-electron chi connectivity index (χ4n) is 3.95. The SMILES string of the molecule is CCNC(=NCCOc1ccc(Cl)cn1)NC1CCN(C(=O)C2CCCCC2)C1. The summed E-state index contributed by atoms with van der Waals surface area (Å²) in [5.74, 6) is 1.88. The van der Waals surface area contributed by atoms with Crippen LogP contribution in [0, 0.1) is 5.92 Å². The maximum absolute atomic E-state index is 12.7. The molecule has 2 N–H and O–H groups in total. The summed E-state index contributed by atoms with van der Waals surface area (Å²) in [6.45, 7) is 5.35. The number of pyridine rings is 1. The molecule has 1 atom stereocenters. The van der Waals surface area contributed by atoms with Crippen LogP contribution in [-0.2, 0) is 4.79 Å². The van der Waals surface area contributed by atoms with Gasteiger partial charge in [0.1, 0.15) is 6.61 Å². The van der Waals surface area contributed by atoms with Crippen LogP contribution in [0.5, 0.6) is 5.88 Å². The predicted octanol–water partition coefficient (Wildman–Crippen LogP) is 2.85. The van der Waals surface area contributed by atoms with Gasteiger partial charge in [-0.1, -0.05) is 30.9 Å². The van der Waals surface area contributed by atoms with Crippen LogP contribution in [0.1, 0.15) is 45.4 Å². The van der Waals surface area contributed by atoms with Crippen molar-refractivity contribution in [1.29, 1.82) is 0 Å². The molecular formula is C21H32ClN5O2. The molecule has 7 nitrogen and oxygen atoms in total. The van der Waals surface area contributed by atoms with Crippen LogP contribution >= 0.6 is 11.6 Å². The highest BCUT2D eigenvalue weighted by Gasteiger charge is 2.31. The van der Waals surface area contributed by atoms with Gasteiger partial charge < -0.3 is 20.3 Å². The third-order valence-corrected chi connectivity index (χ3v) is 5.67. The molecule has 1 aliphatic carbocycles.